The molecule has 0 aliphatic carbocycles. The van der Waals surface area contributed by atoms with Crippen molar-refractivity contribution in [2.45, 2.75) is 6.92 Å². The molecule has 158 valence electrons. The van der Waals surface area contributed by atoms with Gasteiger partial charge in [-0.3, -0.25) is 9.59 Å². The SMILES string of the molecule is Cc1cccc(NC(=O)C(=Cc2ccc(N(C)C)cc2)NC(=O)c2ccccc2Br)c1. The smallest absolute Gasteiger partial charge is 0.272 e. The fraction of sp³-hybridized carbons (Fsp3) is 0.120. The summed E-state index contributed by atoms with van der Waals surface area (Å²) in [5.74, 6) is -0.772. The third-order valence-electron chi connectivity index (χ3n) is 4.61. The number of hydrogen-bond acceptors (Lipinski definition) is 3. The first-order valence-corrected chi connectivity index (χ1v) is 10.6. The van der Waals surface area contributed by atoms with Crippen molar-refractivity contribution >= 4 is 45.2 Å². The van der Waals surface area contributed by atoms with Crippen LogP contribution in [0.2, 0.25) is 0 Å². The van der Waals surface area contributed by atoms with Gasteiger partial charge in [0.2, 0.25) is 0 Å². The molecule has 3 aromatic carbocycles. The molecule has 2 N–H and O–H groups in total. The van der Waals surface area contributed by atoms with Gasteiger partial charge in [-0.2, -0.15) is 0 Å². The number of halogens is 1. The molecule has 2 amide bonds. The van der Waals surface area contributed by atoms with Crippen molar-refractivity contribution in [2.24, 2.45) is 0 Å². The van der Waals surface area contributed by atoms with Crippen LogP contribution in [0.15, 0.2) is 83.0 Å². The molecule has 0 saturated carbocycles. The molecule has 3 aromatic rings. The molecule has 0 radical (unpaired) electrons. The Morgan fingerprint density at radius 3 is 2.29 bits per heavy atom. The lowest BCUT2D eigenvalue weighted by Crippen LogP contribution is -2.31. The summed E-state index contributed by atoms with van der Waals surface area (Å²) < 4.78 is 0.654. The van der Waals surface area contributed by atoms with E-state index in [1.54, 1.807) is 24.3 Å². The van der Waals surface area contributed by atoms with E-state index in [0.717, 1.165) is 16.8 Å². The molecule has 0 fully saturated rings. The first-order valence-electron chi connectivity index (χ1n) is 9.76. The van der Waals surface area contributed by atoms with Crippen molar-refractivity contribution in [2.75, 3.05) is 24.3 Å². The van der Waals surface area contributed by atoms with Crippen LogP contribution in [0, 0.1) is 6.92 Å². The number of anilines is 2. The fourth-order valence-electron chi connectivity index (χ4n) is 2.95. The van der Waals surface area contributed by atoms with Crippen LogP contribution in [-0.2, 0) is 4.79 Å². The zero-order valence-corrected chi connectivity index (χ0v) is 19.2. The molecule has 31 heavy (non-hydrogen) atoms. The average Bonchev–Trinajstić information content (AvgIpc) is 2.74. The standard InChI is InChI=1S/C25H24BrN3O2/c1-17-7-6-8-19(15-17)27-25(31)23(16-18-11-13-20(14-12-18)29(2)3)28-24(30)21-9-4-5-10-22(21)26/h4-16H,1-3H3,(H,27,31)(H,28,30). The monoisotopic (exact) mass is 477 g/mol. The van der Waals surface area contributed by atoms with E-state index in [0.29, 0.717) is 15.7 Å². The Labute approximate surface area is 190 Å². The summed E-state index contributed by atoms with van der Waals surface area (Å²) in [6.45, 7) is 1.95. The molecule has 0 aliphatic heterocycles. The molecule has 0 aliphatic rings. The maximum atomic E-state index is 13.0. The third kappa shape index (κ3) is 6.06. The van der Waals surface area contributed by atoms with Crippen molar-refractivity contribution in [1.82, 2.24) is 5.32 Å². The van der Waals surface area contributed by atoms with E-state index in [1.807, 2.05) is 80.5 Å². The van der Waals surface area contributed by atoms with Crippen LogP contribution in [0.5, 0.6) is 0 Å². The van der Waals surface area contributed by atoms with E-state index in [2.05, 4.69) is 26.6 Å². The van der Waals surface area contributed by atoms with Crippen LogP contribution in [0.25, 0.3) is 6.08 Å². The first-order chi connectivity index (χ1) is 14.8. The number of carbonyl (C=O) groups is 2. The van der Waals surface area contributed by atoms with Crippen LogP contribution >= 0.6 is 15.9 Å². The zero-order valence-electron chi connectivity index (χ0n) is 17.6. The Morgan fingerprint density at radius 2 is 1.65 bits per heavy atom. The minimum Gasteiger partial charge on any atom is -0.378 e. The molecule has 6 heteroatoms. The maximum Gasteiger partial charge on any atom is 0.272 e. The van der Waals surface area contributed by atoms with Crippen molar-refractivity contribution in [3.63, 3.8) is 0 Å². The molecule has 0 heterocycles. The number of aryl methyl sites for hydroxylation is 1. The summed E-state index contributed by atoms with van der Waals surface area (Å²) >= 11 is 3.39. The maximum absolute atomic E-state index is 13.0. The Kier molecular flexibility index (Phi) is 7.26. The van der Waals surface area contributed by atoms with Gasteiger partial charge in [0.05, 0.1) is 5.56 Å². The molecular weight excluding hydrogens is 454 g/mol. The number of benzene rings is 3. The summed E-state index contributed by atoms with van der Waals surface area (Å²) in [6.07, 6.45) is 1.67. The second-order valence-corrected chi connectivity index (χ2v) is 8.16. The Morgan fingerprint density at radius 1 is 0.935 bits per heavy atom. The molecule has 0 unspecified atom stereocenters. The summed E-state index contributed by atoms with van der Waals surface area (Å²) in [4.78, 5) is 27.9. The second-order valence-electron chi connectivity index (χ2n) is 7.30. The largest absolute Gasteiger partial charge is 0.378 e. The van der Waals surface area contributed by atoms with Crippen LogP contribution in [-0.4, -0.2) is 25.9 Å². The van der Waals surface area contributed by atoms with Gasteiger partial charge in [-0.1, -0.05) is 36.4 Å². The second kappa shape index (κ2) is 10.1. The van der Waals surface area contributed by atoms with Gasteiger partial charge in [-0.15, -0.1) is 0 Å². The highest BCUT2D eigenvalue weighted by atomic mass is 79.9. The van der Waals surface area contributed by atoms with Gasteiger partial charge in [-0.05, 0) is 76.5 Å². The van der Waals surface area contributed by atoms with Gasteiger partial charge in [0.25, 0.3) is 11.8 Å². The molecule has 3 rings (SSSR count). The lowest BCUT2D eigenvalue weighted by Gasteiger charge is -2.14. The van der Waals surface area contributed by atoms with E-state index in [9.17, 15) is 9.59 Å². The van der Waals surface area contributed by atoms with E-state index >= 15 is 0 Å². The molecule has 0 aromatic heterocycles. The molecule has 0 bridgehead atoms. The number of amides is 2. The fourth-order valence-corrected chi connectivity index (χ4v) is 3.41. The highest BCUT2D eigenvalue weighted by molar-refractivity contribution is 9.10. The molecular formula is C25H24BrN3O2. The number of nitrogens with zero attached hydrogens (tertiary/aromatic N) is 1. The lowest BCUT2D eigenvalue weighted by molar-refractivity contribution is -0.113. The zero-order chi connectivity index (χ0) is 22.4. The van der Waals surface area contributed by atoms with Crippen LogP contribution in [0.1, 0.15) is 21.5 Å². The topological polar surface area (TPSA) is 61.4 Å². The number of hydrogen-bond donors (Lipinski definition) is 2. The van der Waals surface area contributed by atoms with Crippen molar-refractivity contribution < 1.29 is 9.59 Å². The third-order valence-corrected chi connectivity index (χ3v) is 5.30. The minimum absolute atomic E-state index is 0.153. The Balaban J connectivity index is 1.91. The van der Waals surface area contributed by atoms with E-state index < -0.39 is 5.91 Å². The van der Waals surface area contributed by atoms with E-state index in [4.69, 9.17) is 0 Å². The van der Waals surface area contributed by atoms with Crippen LogP contribution in [0.3, 0.4) is 0 Å². The van der Waals surface area contributed by atoms with Gasteiger partial charge in [0.1, 0.15) is 5.70 Å². The summed E-state index contributed by atoms with van der Waals surface area (Å²) in [7, 11) is 3.92. The van der Waals surface area contributed by atoms with Gasteiger partial charge in [-0.25, -0.2) is 0 Å². The molecule has 0 spiro atoms. The van der Waals surface area contributed by atoms with Gasteiger partial charge in [0.15, 0.2) is 0 Å². The highest BCUT2D eigenvalue weighted by Crippen LogP contribution is 2.18. The van der Waals surface area contributed by atoms with Gasteiger partial charge < -0.3 is 15.5 Å². The lowest BCUT2D eigenvalue weighted by atomic mass is 10.1. The first kappa shape index (κ1) is 22.3. The average molecular weight is 478 g/mol. The summed E-state index contributed by atoms with van der Waals surface area (Å²) in [5, 5.41) is 5.63. The Bertz CT molecular complexity index is 1120. The quantitative estimate of drug-likeness (QED) is 0.477. The molecule has 5 nitrogen and oxygen atoms in total. The van der Waals surface area contributed by atoms with Gasteiger partial charge >= 0.3 is 0 Å². The normalized spacial score (nSPS) is 11.0. The number of rotatable bonds is 6. The number of carbonyl (C=O) groups excluding carboxylic acids is 2. The highest BCUT2D eigenvalue weighted by Gasteiger charge is 2.16. The predicted molar refractivity (Wildman–Crippen MR) is 130 cm³/mol. The van der Waals surface area contributed by atoms with Crippen molar-refractivity contribution in [3.8, 4) is 0 Å². The van der Waals surface area contributed by atoms with Crippen LogP contribution < -0.4 is 15.5 Å². The van der Waals surface area contributed by atoms with Crippen molar-refractivity contribution in [1.29, 1.82) is 0 Å². The van der Waals surface area contributed by atoms with E-state index in [1.165, 1.54) is 0 Å². The van der Waals surface area contributed by atoms with Gasteiger partial charge in [0, 0.05) is 29.9 Å². The predicted octanol–water partition coefficient (Wildman–Crippen LogP) is 5.23. The summed E-state index contributed by atoms with van der Waals surface area (Å²) in [5.41, 5.74) is 4.13. The van der Waals surface area contributed by atoms with Crippen molar-refractivity contribution in [3.05, 3.63) is 99.7 Å². The van der Waals surface area contributed by atoms with E-state index in [-0.39, 0.29) is 11.6 Å². The Hall–Kier alpha value is -3.38. The van der Waals surface area contributed by atoms with Crippen LogP contribution in [0.4, 0.5) is 11.4 Å². The minimum atomic E-state index is -0.400. The summed E-state index contributed by atoms with van der Waals surface area (Å²) in [6, 6.07) is 22.3. The molecule has 0 atom stereocenters. The number of nitrogens with one attached hydrogen (secondary N) is 2. The molecule has 0 saturated heterocycles.